The van der Waals surface area contributed by atoms with E-state index in [-0.39, 0.29) is 11.6 Å². The van der Waals surface area contributed by atoms with Crippen molar-refractivity contribution in [1.29, 1.82) is 0 Å². The van der Waals surface area contributed by atoms with E-state index in [1.807, 2.05) is 12.1 Å². The quantitative estimate of drug-likeness (QED) is 0.162. The number of nitrogens with zero attached hydrogens (tertiary/aromatic N) is 1. The van der Waals surface area contributed by atoms with Crippen molar-refractivity contribution in [2.45, 2.75) is 12.7 Å². The molecule has 1 atom stereocenters. The summed E-state index contributed by atoms with van der Waals surface area (Å²) in [6.07, 6.45) is 5.34. The minimum Gasteiger partial charge on any atom is -0.361 e. The number of aldehydes is 1. The Hall–Kier alpha value is -5.08. The summed E-state index contributed by atoms with van der Waals surface area (Å²) in [4.78, 5) is 18.1. The number of rotatable bonds is 9. The summed E-state index contributed by atoms with van der Waals surface area (Å²) in [5.74, 6) is -1.12. The van der Waals surface area contributed by atoms with Crippen LogP contribution in [0.2, 0.25) is 0 Å². The monoisotopic (exact) mass is 550 g/mol. The van der Waals surface area contributed by atoms with Gasteiger partial charge >= 0.3 is 0 Å². The third-order valence-corrected chi connectivity index (χ3v) is 7.03. The van der Waals surface area contributed by atoms with E-state index in [1.165, 1.54) is 18.2 Å². The topological polar surface area (TPSA) is 65.6 Å². The molecule has 3 aromatic carbocycles. The number of hydrogen-bond donors (Lipinski definition) is 3. The van der Waals surface area contributed by atoms with Gasteiger partial charge in [0.1, 0.15) is 23.6 Å². The third-order valence-electron chi connectivity index (χ3n) is 7.03. The van der Waals surface area contributed by atoms with Crippen LogP contribution in [0.5, 0.6) is 0 Å². The molecule has 0 aliphatic heterocycles. The van der Waals surface area contributed by atoms with Crippen LogP contribution in [0.15, 0.2) is 110 Å². The molecule has 8 heteroatoms. The molecular weight excluding hydrogens is 525 g/mol. The van der Waals surface area contributed by atoms with Crippen molar-refractivity contribution in [2.24, 2.45) is 0 Å². The highest BCUT2D eigenvalue weighted by atomic mass is 19.1. The lowest BCUT2D eigenvalue weighted by Crippen LogP contribution is -2.27. The van der Waals surface area contributed by atoms with Crippen LogP contribution in [0.25, 0.3) is 33.8 Å². The van der Waals surface area contributed by atoms with E-state index < -0.39 is 12.0 Å². The highest BCUT2D eigenvalue weighted by Gasteiger charge is 2.22. The first-order valence-electron chi connectivity index (χ1n) is 13.0. The van der Waals surface area contributed by atoms with Crippen LogP contribution in [0.4, 0.5) is 13.2 Å². The molecule has 1 unspecified atom stereocenters. The largest absolute Gasteiger partial charge is 0.361 e. The van der Waals surface area contributed by atoms with Crippen molar-refractivity contribution >= 4 is 6.29 Å². The Morgan fingerprint density at radius 2 is 1.29 bits per heavy atom. The number of H-pyrrole nitrogens is 2. The van der Waals surface area contributed by atoms with Gasteiger partial charge in [0.25, 0.3) is 0 Å². The molecule has 3 N–H and O–H groups in total. The number of carbonyl (C=O) groups is 1. The number of carbonyl (C=O) groups excluding carboxylic acids is 1. The van der Waals surface area contributed by atoms with E-state index in [2.05, 4.69) is 15.3 Å². The molecule has 41 heavy (non-hydrogen) atoms. The summed E-state index contributed by atoms with van der Waals surface area (Å²) in [5, 5.41) is 3.49. The van der Waals surface area contributed by atoms with Crippen molar-refractivity contribution in [2.75, 3.05) is 0 Å². The highest BCUT2D eigenvalue weighted by Crippen LogP contribution is 2.32. The molecule has 0 radical (unpaired) electrons. The number of aromatic nitrogens is 3. The fraction of sp³-hybridized carbons (Fsp3) is 0.0606. The van der Waals surface area contributed by atoms with Gasteiger partial charge in [-0.25, -0.2) is 13.2 Å². The van der Waals surface area contributed by atoms with E-state index in [0.29, 0.717) is 52.2 Å². The molecule has 3 aromatic heterocycles. The molecule has 0 saturated carbocycles. The zero-order valence-electron chi connectivity index (χ0n) is 21.7. The van der Waals surface area contributed by atoms with Gasteiger partial charge in [0.2, 0.25) is 0 Å². The average molecular weight is 551 g/mol. The SMILES string of the molecule is O=Cc1cc(-c2ccccc2F)n(C(NCc2c[nH]c(-c3ccccc3F)c2)c2c[nH]c(-c3ccccc3F)c2)c1. The number of hydrogen-bond acceptors (Lipinski definition) is 2. The summed E-state index contributed by atoms with van der Waals surface area (Å²) >= 11 is 0. The molecule has 0 aliphatic rings. The predicted octanol–water partition coefficient (Wildman–Crippen LogP) is 7.71. The summed E-state index contributed by atoms with van der Waals surface area (Å²) in [6, 6.07) is 24.6. The Morgan fingerprint density at radius 1 is 0.732 bits per heavy atom. The van der Waals surface area contributed by atoms with Crippen LogP contribution in [0.3, 0.4) is 0 Å². The van der Waals surface area contributed by atoms with Gasteiger partial charge in [0.05, 0.1) is 5.69 Å². The molecule has 6 rings (SSSR count). The molecule has 0 bridgehead atoms. The van der Waals surface area contributed by atoms with E-state index in [0.717, 1.165) is 11.1 Å². The summed E-state index contributed by atoms with van der Waals surface area (Å²) < 4.78 is 45.7. The van der Waals surface area contributed by atoms with Crippen molar-refractivity contribution in [1.82, 2.24) is 19.9 Å². The second-order valence-electron chi connectivity index (χ2n) is 9.68. The van der Waals surface area contributed by atoms with Gasteiger partial charge < -0.3 is 14.5 Å². The van der Waals surface area contributed by atoms with E-state index in [1.54, 1.807) is 83.8 Å². The van der Waals surface area contributed by atoms with E-state index in [9.17, 15) is 18.0 Å². The zero-order chi connectivity index (χ0) is 28.3. The van der Waals surface area contributed by atoms with Crippen molar-refractivity contribution < 1.29 is 18.0 Å². The molecular formula is C33H25F3N4O. The Kier molecular flexibility index (Phi) is 7.14. The van der Waals surface area contributed by atoms with Crippen LogP contribution in [0, 0.1) is 17.5 Å². The smallest absolute Gasteiger partial charge is 0.151 e. The predicted molar refractivity (Wildman–Crippen MR) is 153 cm³/mol. The molecule has 0 amide bonds. The summed E-state index contributed by atoms with van der Waals surface area (Å²) in [7, 11) is 0. The summed E-state index contributed by atoms with van der Waals surface area (Å²) in [5.41, 5.74) is 4.87. The number of nitrogens with one attached hydrogen (secondary N) is 3. The van der Waals surface area contributed by atoms with E-state index in [4.69, 9.17) is 0 Å². The van der Waals surface area contributed by atoms with Gasteiger partial charge in [-0.05, 0) is 60.2 Å². The highest BCUT2D eigenvalue weighted by molar-refractivity contribution is 5.79. The summed E-state index contributed by atoms with van der Waals surface area (Å²) in [6.45, 7) is 0.348. The van der Waals surface area contributed by atoms with Gasteiger partial charge in [-0.2, -0.15) is 0 Å². The lowest BCUT2D eigenvalue weighted by Gasteiger charge is -2.23. The molecule has 204 valence electrons. The maximum Gasteiger partial charge on any atom is 0.151 e. The normalized spacial score (nSPS) is 12.0. The first-order valence-corrected chi connectivity index (χ1v) is 13.0. The third kappa shape index (κ3) is 5.25. The van der Waals surface area contributed by atoms with Gasteiger partial charge in [-0.15, -0.1) is 0 Å². The Bertz CT molecular complexity index is 1830. The molecule has 0 aliphatic carbocycles. The minimum atomic E-state index is -0.582. The molecule has 6 aromatic rings. The standard InChI is InChI=1S/C33H25F3N4O/c34-27-10-4-1-7-24(27)30-13-21(16-37-30)17-39-33(23-15-31(38-18-23)25-8-2-5-11-28(25)35)40-19-22(20-41)14-32(40)26-9-3-6-12-29(26)36/h1-16,18-20,33,37-39H,17H2. The van der Waals surface area contributed by atoms with Gasteiger partial charge in [-0.3, -0.25) is 10.1 Å². The first-order chi connectivity index (χ1) is 20.0. The molecule has 5 nitrogen and oxygen atoms in total. The number of halogens is 3. The van der Waals surface area contributed by atoms with Crippen molar-refractivity contribution in [3.8, 4) is 33.8 Å². The Balaban J connectivity index is 1.40. The fourth-order valence-corrected chi connectivity index (χ4v) is 5.04. The average Bonchev–Trinajstić information content (AvgIpc) is 3.75. The maximum absolute atomic E-state index is 14.9. The maximum atomic E-state index is 14.9. The second-order valence-corrected chi connectivity index (χ2v) is 9.68. The zero-order valence-corrected chi connectivity index (χ0v) is 21.7. The van der Waals surface area contributed by atoms with Gasteiger partial charge in [0.15, 0.2) is 6.29 Å². The van der Waals surface area contributed by atoms with E-state index >= 15 is 0 Å². The molecule has 0 saturated heterocycles. The van der Waals surface area contributed by atoms with Gasteiger partial charge in [0, 0.05) is 64.3 Å². The van der Waals surface area contributed by atoms with Crippen LogP contribution in [-0.2, 0) is 6.54 Å². The van der Waals surface area contributed by atoms with Crippen LogP contribution >= 0.6 is 0 Å². The number of benzene rings is 3. The fourth-order valence-electron chi connectivity index (χ4n) is 5.04. The lowest BCUT2D eigenvalue weighted by molar-refractivity contribution is 0.112. The van der Waals surface area contributed by atoms with Crippen LogP contribution < -0.4 is 5.32 Å². The Labute approximate surface area is 234 Å². The molecule has 3 heterocycles. The molecule has 0 fully saturated rings. The first kappa shape index (κ1) is 26.2. The Morgan fingerprint density at radius 3 is 1.90 bits per heavy atom. The molecule has 0 spiro atoms. The van der Waals surface area contributed by atoms with Gasteiger partial charge in [-0.1, -0.05) is 36.4 Å². The number of aromatic amines is 2. The van der Waals surface area contributed by atoms with Crippen molar-refractivity contribution in [3.05, 3.63) is 144 Å². The minimum absolute atomic E-state index is 0.331. The second kappa shape index (κ2) is 11.2. The van der Waals surface area contributed by atoms with Crippen molar-refractivity contribution in [3.63, 3.8) is 0 Å². The lowest BCUT2D eigenvalue weighted by atomic mass is 10.1. The van der Waals surface area contributed by atoms with Crippen LogP contribution in [0.1, 0.15) is 27.7 Å². The van der Waals surface area contributed by atoms with Crippen LogP contribution in [-0.4, -0.2) is 20.8 Å².